The highest BCUT2D eigenvalue weighted by atomic mass is 32.1. The van der Waals surface area contributed by atoms with Crippen molar-refractivity contribution in [3.8, 4) is 16.3 Å². The summed E-state index contributed by atoms with van der Waals surface area (Å²) >= 11 is 1.61. The van der Waals surface area contributed by atoms with Crippen LogP contribution in [0.2, 0.25) is 0 Å². The molecule has 1 aromatic heterocycles. The van der Waals surface area contributed by atoms with Crippen molar-refractivity contribution in [1.29, 1.82) is 0 Å². The fraction of sp³-hybridized carbons (Fsp3) is 0.0667. The number of aldehydes is 1. The van der Waals surface area contributed by atoms with Crippen LogP contribution in [0.3, 0.4) is 0 Å². The van der Waals surface area contributed by atoms with Gasteiger partial charge in [-0.15, -0.1) is 11.3 Å². The highest BCUT2D eigenvalue weighted by Gasteiger charge is 2.11. The SMILES string of the molecule is COc1cc(C=O)ccc1-c1nc2ccccc2s1. The minimum absolute atomic E-state index is 0.599. The van der Waals surface area contributed by atoms with Crippen LogP contribution in [0, 0.1) is 0 Å². The first kappa shape index (κ1) is 11.9. The van der Waals surface area contributed by atoms with Gasteiger partial charge in [-0.3, -0.25) is 4.79 Å². The summed E-state index contributed by atoms with van der Waals surface area (Å²) in [5.41, 5.74) is 2.49. The molecule has 3 rings (SSSR count). The second kappa shape index (κ2) is 4.82. The van der Waals surface area contributed by atoms with Crippen molar-refractivity contribution < 1.29 is 9.53 Å². The van der Waals surface area contributed by atoms with E-state index >= 15 is 0 Å². The van der Waals surface area contributed by atoms with Crippen LogP contribution in [-0.2, 0) is 0 Å². The molecule has 2 aromatic carbocycles. The molecular formula is C15H11NO2S. The van der Waals surface area contributed by atoms with Crippen LogP contribution in [-0.4, -0.2) is 18.4 Å². The molecule has 0 unspecified atom stereocenters. The smallest absolute Gasteiger partial charge is 0.150 e. The summed E-state index contributed by atoms with van der Waals surface area (Å²) in [6.45, 7) is 0. The van der Waals surface area contributed by atoms with Gasteiger partial charge in [0.1, 0.15) is 17.0 Å². The lowest BCUT2D eigenvalue weighted by atomic mass is 10.1. The molecule has 0 aliphatic rings. The number of ether oxygens (including phenoxy) is 1. The molecule has 19 heavy (non-hydrogen) atoms. The minimum atomic E-state index is 0.599. The monoisotopic (exact) mass is 269 g/mol. The van der Waals surface area contributed by atoms with Crippen molar-refractivity contribution in [2.45, 2.75) is 0 Å². The standard InChI is InChI=1S/C15H11NO2S/c1-18-13-8-10(9-17)6-7-11(13)15-16-12-4-2-3-5-14(12)19-15/h2-9H,1H3. The molecule has 1 heterocycles. The summed E-state index contributed by atoms with van der Waals surface area (Å²) in [6, 6.07) is 13.4. The molecule has 0 amide bonds. The molecular weight excluding hydrogens is 258 g/mol. The van der Waals surface area contributed by atoms with Crippen LogP contribution in [0.15, 0.2) is 42.5 Å². The predicted molar refractivity (Wildman–Crippen MR) is 77.0 cm³/mol. The molecule has 0 N–H and O–H groups in total. The van der Waals surface area contributed by atoms with Crippen molar-refractivity contribution in [3.05, 3.63) is 48.0 Å². The first-order valence-electron chi connectivity index (χ1n) is 5.81. The Bertz CT molecular complexity index is 716. The first-order valence-corrected chi connectivity index (χ1v) is 6.62. The topological polar surface area (TPSA) is 39.2 Å². The van der Waals surface area contributed by atoms with E-state index in [9.17, 15) is 4.79 Å². The fourth-order valence-electron chi connectivity index (χ4n) is 1.95. The van der Waals surface area contributed by atoms with Crippen LogP contribution in [0.4, 0.5) is 0 Å². The molecule has 0 radical (unpaired) electrons. The summed E-state index contributed by atoms with van der Waals surface area (Å²) in [7, 11) is 1.60. The number of para-hydroxylation sites is 1. The normalized spacial score (nSPS) is 10.6. The van der Waals surface area contributed by atoms with Crippen LogP contribution in [0.1, 0.15) is 10.4 Å². The summed E-state index contributed by atoms with van der Waals surface area (Å²) in [5, 5.41) is 0.899. The summed E-state index contributed by atoms with van der Waals surface area (Å²) in [4.78, 5) is 15.4. The number of hydrogen-bond donors (Lipinski definition) is 0. The molecule has 0 atom stereocenters. The van der Waals surface area contributed by atoms with E-state index in [0.29, 0.717) is 11.3 Å². The van der Waals surface area contributed by atoms with E-state index in [0.717, 1.165) is 27.1 Å². The molecule has 0 aliphatic heterocycles. The van der Waals surface area contributed by atoms with Gasteiger partial charge in [0.15, 0.2) is 0 Å². The maximum absolute atomic E-state index is 10.8. The van der Waals surface area contributed by atoms with Gasteiger partial charge < -0.3 is 4.74 Å². The van der Waals surface area contributed by atoms with E-state index in [2.05, 4.69) is 4.98 Å². The maximum atomic E-state index is 10.8. The zero-order valence-corrected chi connectivity index (χ0v) is 11.1. The molecule has 3 nitrogen and oxygen atoms in total. The third-order valence-corrected chi connectivity index (χ3v) is 3.96. The maximum Gasteiger partial charge on any atom is 0.150 e. The van der Waals surface area contributed by atoms with Crippen LogP contribution in [0.5, 0.6) is 5.75 Å². The van der Waals surface area contributed by atoms with Gasteiger partial charge in [0.25, 0.3) is 0 Å². The quantitative estimate of drug-likeness (QED) is 0.679. The second-order valence-corrected chi connectivity index (χ2v) is 5.09. The Balaban J connectivity index is 2.17. The lowest BCUT2D eigenvalue weighted by Gasteiger charge is -2.06. The molecule has 0 bridgehead atoms. The van der Waals surface area contributed by atoms with Crippen molar-refractivity contribution in [3.63, 3.8) is 0 Å². The number of nitrogens with zero attached hydrogens (tertiary/aromatic N) is 1. The number of fused-ring (bicyclic) bond motifs is 1. The van der Waals surface area contributed by atoms with Gasteiger partial charge in [0.05, 0.1) is 22.9 Å². The third kappa shape index (κ3) is 2.11. The van der Waals surface area contributed by atoms with E-state index in [1.165, 1.54) is 0 Å². The second-order valence-electron chi connectivity index (χ2n) is 4.06. The van der Waals surface area contributed by atoms with Crippen molar-refractivity contribution in [2.75, 3.05) is 7.11 Å². The van der Waals surface area contributed by atoms with Gasteiger partial charge in [0.2, 0.25) is 0 Å². The van der Waals surface area contributed by atoms with Crippen LogP contribution < -0.4 is 4.74 Å². The van der Waals surface area contributed by atoms with Crippen molar-refractivity contribution >= 4 is 27.8 Å². The van der Waals surface area contributed by atoms with Gasteiger partial charge in [0, 0.05) is 5.56 Å². The van der Waals surface area contributed by atoms with Crippen LogP contribution in [0.25, 0.3) is 20.8 Å². The van der Waals surface area contributed by atoms with E-state index in [1.54, 1.807) is 30.6 Å². The Morgan fingerprint density at radius 3 is 2.79 bits per heavy atom. The lowest BCUT2D eigenvalue weighted by molar-refractivity contribution is 0.112. The first-order chi connectivity index (χ1) is 9.31. The number of methoxy groups -OCH3 is 1. The van der Waals surface area contributed by atoms with E-state index < -0.39 is 0 Å². The number of rotatable bonds is 3. The van der Waals surface area contributed by atoms with E-state index in [4.69, 9.17) is 4.74 Å². The van der Waals surface area contributed by atoms with Crippen LogP contribution >= 0.6 is 11.3 Å². The van der Waals surface area contributed by atoms with Gasteiger partial charge in [-0.2, -0.15) is 0 Å². The molecule has 0 saturated carbocycles. The average Bonchev–Trinajstić information content (AvgIpc) is 2.90. The van der Waals surface area contributed by atoms with Gasteiger partial charge in [-0.05, 0) is 24.3 Å². The number of carbonyl (C=O) groups is 1. The molecule has 94 valence electrons. The summed E-state index contributed by atoms with van der Waals surface area (Å²) < 4.78 is 6.48. The molecule has 3 aromatic rings. The average molecular weight is 269 g/mol. The van der Waals surface area contributed by atoms with E-state index in [1.807, 2.05) is 30.3 Å². The Morgan fingerprint density at radius 1 is 1.21 bits per heavy atom. The highest BCUT2D eigenvalue weighted by Crippen LogP contribution is 2.35. The summed E-state index contributed by atoms with van der Waals surface area (Å²) in [6.07, 6.45) is 0.810. The lowest BCUT2D eigenvalue weighted by Crippen LogP contribution is -1.90. The van der Waals surface area contributed by atoms with E-state index in [-0.39, 0.29) is 0 Å². The number of thiazole rings is 1. The molecule has 0 fully saturated rings. The largest absolute Gasteiger partial charge is 0.496 e. The third-order valence-electron chi connectivity index (χ3n) is 2.89. The number of carbonyl (C=O) groups excluding carboxylic acids is 1. The Kier molecular flexibility index (Phi) is 3.01. The predicted octanol–water partition coefficient (Wildman–Crippen LogP) is 3.78. The van der Waals surface area contributed by atoms with Crippen molar-refractivity contribution in [1.82, 2.24) is 4.98 Å². The fourth-order valence-corrected chi connectivity index (χ4v) is 2.94. The van der Waals surface area contributed by atoms with Crippen molar-refractivity contribution in [2.24, 2.45) is 0 Å². The Labute approximate surface area is 114 Å². The molecule has 0 saturated heterocycles. The zero-order valence-electron chi connectivity index (χ0n) is 10.3. The van der Waals surface area contributed by atoms with Gasteiger partial charge >= 0.3 is 0 Å². The number of hydrogen-bond acceptors (Lipinski definition) is 4. The Morgan fingerprint density at radius 2 is 2.05 bits per heavy atom. The number of aromatic nitrogens is 1. The highest BCUT2D eigenvalue weighted by molar-refractivity contribution is 7.21. The zero-order chi connectivity index (χ0) is 13.2. The minimum Gasteiger partial charge on any atom is -0.496 e. The molecule has 4 heteroatoms. The van der Waals surface area contributed by atoms with Gasteiger partial charge in [-0.25, -0.2) is 4.98 Å². The molecule has 0 aliphatic carbocycles. The molecule has 0 spiro atoms. The van der Waals surface area contributed by atoms with Gasteiger partial charge in [-0.1, -0.05) is 18.2 Å². The Hall–Kier alpha value is -2.20. The summed E-state index contributed by atoms with van der Waals surface area (Å²) in [5.74, 6) is 0.670. The number of benzene rings is 2.